The topological polar surface area (TPSA) is 67.5 Å². The highest BCUT2D eigenvalue weighted by molar-refractivity contribution is 7.14. The van der Waals surface area contributed by atoms with Crippen LogP contribution >= 0.6 is 11.3 Å². The summed E-state index contributed by atoms with van der Waals surface area (Å²) in [6, 6.07) is 11.7. The lowest BCUT2D eigenvalue weighted by Crippen LogP contribution is -2.33. The fourth-order valence-electron chi connectivity index (χ4n) is 1.87. The number of fused-ring (bicyclic) bond motifs is 1. The molecule has 2 aromatic rings. The summed E-state index contributed by atoms with van der Waals surface area (Å²) in [5.74, 6) is -0.273. The monoisotopic (exact) mass is 257 g/mol. The van der Waals surface area contributed by atoms with Crippen molar-refractivity contribution in [1.29, 1.82) is 0 Å². The summed E-state index contributed by atoms with van der Waals surface area (Å²) in [5, 5.41) is 5.52. The van der Waals surface area contributed by atoms with Gasteiger partial charge in [0.05, 0.1) is 5.71 Å². The molecule has 0 spiro atoms. The van der Waals surface area contributed by atoms with E-state index >= 15 is 0 Å². The van der Waals surface area contributed by atoms with E-state index in [-0.39, 0.29) is 5.91 Å². The van der Waals surface area contributed by atoms with Gasteiger partial charge >= 0.3 is 0 Å². The van der Waals surface area contributed by atoms with Gasteiger partial charge in [0.15, 0.2) is 6.17 Å². The van der Waals surface area contributed by atoms with Gasteiger partial charge in [0.2, 0.25) is 0 Å². The maximum Gasteiger partial charge on any atom is 0.264 e. The molecule has 1 aromatic carbocycles. The molecule has 3 N–H and O–H groups in total. The maximum absolute atomic E-state index is 11.7. The lowest BCUT2D eigenvalue weighted by atomic mass is 10.0. The third-order valence-electron chi connectivity index (χ3n) is 2.74. The van der Waals surface area contributed by atoms with Crippen molar-refractivity contribution in [3.8, 4) is 0 Å². The summed E-state index contributed by atoms with van der Waals surface area (Å²) in [5.41, 5.74) is 8.40. The number of nitrogens with one attached hydrogen (secondary N) is 1. The van der Waals surface area contributed by atoms with Crippen molar-refractivity contribution in [2.24, 2.45) is 10.7 Å². The van der Waals surface area contributed by atoms with Crippen LogP contribution in [-0.4, -0.2) is 17.8 Å². The first kappa shape index (κ1) is 11.1. The Hall–Kier alpha value is -1.98. The summed E-state index contributed by atoms with van der Waals surface area (Å²) >= 11 is 1.47. The zero-order valence-corrected chi connectivity index (χ0v) is 10.3. The summed E-state index contributed by atoms with van der Waals surface area (Å²) in [4.78, 5) is 16.0. The van der Waals surface area contributed by atoms with Crippen LogP contribution in [0.4, 0.5) is 5.00 Å². The molecule has 0 aliphatic carbocycles. The minimum Gasteiger partial charge on any atom is -0.314 e. The van der Waals surface area contributed by atoms with Crippen LogP contribution in [-0.2, 0) is 4.79 Å². The van der Waals surface area contributed by atoms with Crippen LogP contribution in [0.1, 0.15) is 11.1 Å². The van der Waals surface area contributed by atoms with E-state index in [1.165, 1.54) is 11.3 Å². The maximum atomic E-state index is 11.7. The number of nitrogens with zero attached hydrogens (tertiary/aromatic N) is 1. The molecule has 1 unspecified atom stereocenters. The van der Waals surface area contributed by atoms with E-state index in [2.05, 4.69) is 10.3 Å². The lowest BCUT2D eigenvalue weighted by Gasteiger charge is -2.05. The van der Waals surface area contributed by atoms with Crippen molar-refractivity contribution in [3.05, 3.63) is 52.9 Å². The van der Waals surface area contributed by atoms with Crippen LogP contribution in [0, 0.1) is 0 Å². The van der Waals surface area contributed by atoms with Crippen LogP contribution in [0.15, 0.2) is 46.8 Å². The Balaban J connectivity index is 2.18. The first-order valence-corrected chi connectivity index (χ1v) is 6.41. The second-order valence-corrected chi connectivity index (χ2v) is 4.86. The Labute approximate surface area is 108 Å². The number of carbonyl (C=O) groups excluding carboxylic acids is 1. The molecule has 0 radical (unpaired) electrons. The highest BCUT2D eigenvalue weighted by atomic mass is 32.1. The predicted octanol–water partition coefficient (Wildman–Crippen LogP) is 1.82. The van der Waals surface area contributed by atoms with Gasteiger partial charge in [0, 0.05) is 11.1 Å². The van der Waals surface area contributed by atoms with Gasteiger partial charge in [-0.15, -0.1) is 11.3 Å². The zero-order valence-electron chi connectivity index (χ0n) is 9.46. The minimum absolute atomic E-state index is 0.273. The van der Waals surface area contributed by atoms with Gasteiger partial charge < -0.3 is 11.1 Å². The number of thiophene rings is 1. The fraction of sp³-hybridized carbons (Fsp3) is 0.0769. The number of anilines is 1. The average Bonchev–Trinajstić information content (AvgIpc) is 2.80. The summed E-state index contributed by atoms with van der Waals surface area (Å²) in [6.45, 7) is 0. The van der Waals surface area contributed by atoms with Crippen LogP contribution in [0.3, 0.4) is 0 Å². The van der Waals surface area contributed by atoms with E-state index in [0.717, 1.165) is 21.8 Å². The van der Waals surface area contributed by atoms with Crippen LogP contribution < -0.4 is 11.1 Å². The highest BCUT2D eigenvalue weighted by Gasteiger charge is 2.23. The normalized spacial score (nSPS) is 18.6. The Kier molecular flexibility index (Phi) is 2.70. The Morgan fingerprint density at radius 1 is 1.22 bits per heavy atom. The summed E-state index contributed by atoms with van der Waals surface area (Å²) in [7, 11) is 0. The lowest BCUT2D eigenvalue weighted by molar-refractivity contribution is -0.117. The molecular formula is C13H11N3OS. The van der Waals surface area contributed by atoms with Gasteiger partial charge in [-0.25, -0.2) is 0 Å². The van der Waals surface area contributed by atoms with E-state index in [1.54, 1.807) is 0 Å². The average molecular weight is 257 g/mol. The second kappa shape index (κ2) is 4.36. The molecule has 3 rings (SSSR count). The van der Waals surface area contributed by atoms with Crippen molar-refractivity contribution in [1.82, 2.24) is 0 Å². The van der Waals surface area contributed by atoms with E-state index < -0.39 is 6.17 Å². The van der Waals surface area contributed by atoms with Gasteiger partial charge in [0.1, 0.15) is 5.00 Å². The molecule has 1 aliphatic heterocycles. The molecule has 1 amide bonds. The van der Waals surface area contributed by atoms with E-state index in [4.69, 9.17) is 5.73 Å². The molecule has 0 bridgehead atoms. The molecule has 1 atom stereocenters. The Morgan fingerprint density at radius 3 is 2.78 bits per heavy atom. The van der Waals surface area contributed by atoms with Crippen LogP contribution in [0.25, 0.3) is 0 Å². The van der Waals surface area contributed by atoms with Gasteiger partial charge in [-0.2, -0.15) is 0 Å². The molecular weight excluding hydrogens is 246 g/mol. The van der Waals surface area contributed by atoms with Gasteiger partial charge in [0.25, 0.3) is 5.91 Å². The standard InChI is InChI=1S/C13H11N3OS/c14-11-12(17)16-13-9(6-7-18-13)10(15-11)8-4-2-1-3-5-8/h1-7,11H,14H2,(H,16,17). The van der Waals surface area contributed by atoms with E-state index in [1.807, 2.05) is 41.8 Å². The number of benzene rings is 1. The molecule has 18 heavy (non-hydrogen) atoms. The molecule has 90 valence electrons. The van der Waals surface area contributed by atoms with Crippen molar-refractivity contribution < 1.29 is 4.79 Å². The second-order valence-electron chi connectivity index (χ2n) is 3.94. The number of carbonyl (C=O) groups is 1. The SMILES string of the molecule is NC1N=C(c2ccccc2)c2ccsc2NC1=O. The fourth-order valence-corrected chi connectivity index (χ4v) is 2.66. The minimum atomic E-state index is -0.861. The van der Waals surface area contributed by atoms with Crippen LogP contribution in [0.2, 0.25) is 0 Å². The molecule has 2 heterocycles. The quantitative estimate of drug-likeness (QED) is 0.818. The third-order valence-corrected chi connectivity index (χ3v) is 3.57. The van der Waals surface area contributed by atoms with Crippen LogP contribution in [0.5, 0.6) is 0 Å². The number of aliphatic imine (C=N–C) groups is 1. The first-order valence-electron chi connectivity index (χ1n) is 5.53. The smallest absolute Gasteiger partial charge is 0.264 e. The Morgan fingerprint density at radius 2 is 2.00 bits per heavy atom. The van der Waals surface area contributed by atoms with Gasteiger partial charge in [-0.05, 0) is 11.4 Å². The largest absolute Gasteiger partial charge is 0.314 e. The molecule has 4 nitrogen and oxygen atoms in total. The zero-order chi connectivity index (χ0) is 12.5. The molecule has 0 fully saturated rings. The predicted molar refractivity (Wildman–Crippen MR) is 73.0 cm³/mol. The van der Waals surface area contributed by atoms with Crippen molar-refractivity contribution in [2.45, 2.75) is 6.17 Å². The van der Waals surface area contributed by atoms with Gasteiger partial charge in [-0.1, -0.05) is 30.3 Å². The van der Waals surface area contributed by atoms with Crippen molar-refractivity contribution in [2.75, 3.05) is 5.32 Å². The number of hydrogen-bond donors (Lipinski definition) is 2. The summed E-state index contributed by atoms with van der Waals surface area (Å²) in [6.07, 6.45) is -0.861. The number of rotatable bonds is 1. The highest BCUT2D eigenvalue weighted by Crippen LogP contribution is 2.28. The van der Waals surface area contributed by atoms with Gasteiger partial charge in [-0.3, -0.25) is 9.79 Å². The van der Waals surface area contributed by atoms with Crippen molar-refractivity contribution in [3.63, 3.8) is 0 Å². The molecule has 0 saturated carbocycles. The molecule has 5 heteroatoms. The molecule has 1 aliphatic rings. The van der Waals surface area contributed by atoms with E-state index in [0.29, 0.717) is 0 Å². The third kappa shape index (κ3) is 1.83. The molecule has 0 saturated heterocycles. The Bertz CT molecular complexity index is 618. The number of hydrogen-bond acceptors (Lipinski definition) is 4. The summed E-state index contributed by atoms with van der Waals surface area (Å²) < 4.78 is 0. The van der Waals surface area contributed by atoms with E-state index in [9.17, 15) is 4.79 Å². The number of nitrogens with two attached hydrogens (primary N) is 1. The molecule has 1 aromatic heterocycles. The number of amides is 1. The van der Waals surface area contributed by atoms with Crippen molar-refractivity contribution >= 4 is 28.0 Å². The first-order chi connectivity index (χ1) is 8.75.